The first-order chi connectivity index (χ1) is 9.20. The van der Waals surface area contributed by atoms with Crippen LogP contribution in [0.4, 0.5) is 5.69 Å². The van der Waals surface area contributed by atoms with Crippen LogP contribution < -0.4 is 4.90 Å². The molecule has 0 amide bonds. The van der Waals surface area contributed by atoms with Gasteiger partial charge in [0.2, 0.25) is 0 Å². The van der Waals surface area contributed by atoms with Crippen LogP contribution in [0.3, 0.4) is 0 Å². The molecule has 1 aliphatic heterocycles. The standard InChI is InChI=1S/C13H20N2O2.C2H6/c1-10-3-4-12(7-14-10)15-6-5-13(16)11(8-15)9-17-2;1-2/h3-4,7,11,13,16H,5-6,8-9H2,1-2H3;1-2H3. The van der Waals surface area contributed by atoms with Gasteiger partial charge in [0.05, 0.1) is 24.6 Å². The smallest absolute Gasteiger partial charge is 0.0624 e. The van der Waals surface area contributed by atoms with E-state index in [1.807, 2.05) is 33.0 Å². The van der Waals surface area contributed by atoms with Crippen LogP contribution in [0.25, 0.3) is 0 Å². The van der Waals surface area contributed by atoms with Crippen molar-refractivity contribution in [3.63, 3.8) is 0 Å². The van der Waals surface area contributed by atoms with Crippen molar-refractivity contribution in [2.75, 3.05) is 31.7 Å². The number of aromatic nitrogens is 1. The van der Waals surface area contributed by atoms with E-state index in [0.717, 1.165) is 30.9 Å². The Labute approximate surface area is 116 Å². The minimum Gasteiger partial charge on any atom is -0.393 e. The number of methoxy groups -OCH3 is 1. The second-order valence-electron chi connectivity index (χ2n) is 4.68. The minimum atomic E-state index is -0.246. The molecule has 0 aromatic carbocycles. The maximum atomic E-state index is 9.89. The lowest BCUT2D eigenvalue weighted by Crippen LogP contribution is -2.45. The fourth-order valence-corrected chi connectivity index (χ4v) is 2.28. The predicted octanol–water partition coefficient (Wildman–Crippen LogP) is 2.25. The normalized spacial score (nSPS) is 22.7. The van der Waals surface area contributed by atoms with E-state index in [4.69, 9.17) is 4.74 Å². The van der Waals surface area contributed by atoms with Gasteiger partial charge in [-0.05, 0) is 25.5 Å². The van der Waals surface area contributed by atoms with Crippen molar-refractivity contribution >= 4 is 5.69 Å². The fourth-order valence-electron chi connectivity index (χ4n) is 2.28. The summed E-state index contributed by atoms with van der Waals surface area (Å²) in [6.45, 7) is 8.31. The molecule has 2 heterocycles. The minimum absolute atomic E-state index is 0.190. The first-order valence-corrected chi connectivity index (χ1v) is 7.05. The Morgan fingerprint density at radius 2 is 2.16 bits per heavy atom. The fraction of sp³-hybridized carbons (Fsp3) is 0.667. The quantitative estimate of drug-likeness (QED) is 0.911. The van der Waals surface area contributed by atoms with Gasteiger partial charge in [-0.25, -0.2) is 0 Å². The molecule has 1 fully saturated rings. The number of aliphatic hydroxyl groups is 1. The van der Waals surface area contributed by atoms with Crippen molar-refractivity contribution in [1.82, 2.24) is 4.98 Å². The SMILES string of the molecule is CC.COCC1CN(c2ccc(C)nc2)CCC1O. The summed E-state index contributed by atoms with van der Waals surface area (Å²) in [5.74, 6) is 0.190. The van der Waals surface area contributed by atoms with E-state index in [-0.39, 0.29) is 12.0 Å². The van der Waals surface area contributed by atoms with Gasteiger partial charge in [-0.1, -0.05) is 13.8 Å². The Bertz CT molecular complexity index is 354. The Morgan fingerprint density at radius 1 is 1.42 bits per heavy atom. The zero-order chi connectivity index (χ0) is 14.3. The highest BCUT2D eigenvalue weighted by Gasteiger charge is 2.27. The number of aryl methyl sites for hydroxylation is 1. The van der Waals surface area contributed by atoms with Crippen molar-refractivity contribution in [2.24, 2.45) is 5.92 Å². The molecule has 0 aliphatic carbocycles. The number of hydrogen-bond donors (Lipinski definition) is 1. The van der Waals surface area contributed by atoms with E-state index < -0.39 is 0 Å². The molecule has 1 aromatic heterocycles. The maximum absolute atomic E-state index is 9.89. The zero-order valence-electron chi connectivity index (χ0n) is 12.5. The molecule has 0 bridgehead atoms. The van der Waals surface area contributed by atoms with Crippen LogP contribution in [0, 0.1) is 12.8 Å². The Morgan fingerprint density at radius 3 is 2.74 bits per heavy atom. The zero-order valence-corrected chi connectivity index (χ0v) is 12.5. The third-order valence-corrected chi connectivity index (χ3v) is 3.34. The molecule has 19 heavy (non-hydrogen) atoms. The molecule has 4 nitrogen and oxygen atoms in total. The highest BCUT2D eigenvalue weighted by molar-refractivity contribution is 5.45. The van der Waals surface area contributed by atoms with Gasteiger partial charge < -0.3 is 14.7 Å². The molecule has 2 unspecified atom stereocenters. The molecule has 0 spiro atoms. The van der Waals surface area contributed by atoms with Gasteiger partial charge in [0.25, 0.3) is 0 Å². The molecule has 0 radical (unpaired) electrons. The number of anilines is 1. The number of piperidine rings is 1. The first kappa shape index (κ1) is 15.9. The van der Waals surface area contributed by atoms with Crippen molar-refractivity contribution in [3.8, 4) is 0 Å². The third-order valence-electron chi connectivity index (χ3n) is 3.34. The Kier molecular flexibility index (Phi) is 6.81. The molecule has 1 aromatic rings. The Balaban J connectivity index is 0.000000861. The number of ether oxygens (including phenoxy) is 1. The van der Waals surface area contributed by atoms with Gasteiger partial charge in [0.15, 0.2) is 0 Å². The molecule has 0 saturated carbocycles. The molecule has 108 valence electrons. The second-order valence-corrected chi connectivity index (χ2v) is 4.68. The summed E-state index contributed by atoms with van der Waals surface area (Å²) in [7, 11) is 1.68. The largest absolute Gasteiger partial charge is 0.393 e. The molecule has 1 N–H and O–H groups in total. The summed E-state index contributed by atoms with van der Waals surface area (Å²) in [4.78, 5) is 6.58. The highest BCUT2D eigenvalue weighted by atomic mass is 16.5. The van der Waals surface area contributed by atoms with E-state index in [0.29, 0.717) is 6.61 Å². The van der Waals surface area contributed by atoms with Crippen molar-refractivity contribution < 1.29 is 9.84 Å². The average molecular weight is 266 g/mol. The summed E-state index contributed by atoms with van der Waals surface area (Å²) in [6, 6.07) is 4.11. The van der Waals surface area contributed by atoms with Crippen molar-refractivity contribution in [1.29, 1.82) is 0 Å². The van der Waals surface area contributed by atoms with Crippen LogP contribution in [-0.4, -0.2) is 43.0 Å². The lowest BCUT2D eigenvalue weighted by atomic mass is 9.95. The van der Waals surface area contributed by atoms with Gasteiger partial charge in [-0.15, -0.1) is 0 Å². The topological polar surface area (TPSA) is 45.6 Å². The summed E-state index contributed by atoms with van der Waals surface area (Å²) in [5.41, 5.74) is 2.16. The number of aliphatic hydroxyl groups excluding tert-OH is 1. The average Bonchev–Trinajstić information content (AvgIpc) is 2.45. The lowest BCUT2D eigenvalue weighted by Gasteiger charge is -2.37. The highest BCUT2D eigenvalue weighted by Crippen LogP contribution is 2.23. The van der Waals surface area contributed by atoms with Crippen LogP contribution in [-0.2, 0) is 4.74 Å². The van der Waals surface area contributed by atoms with Gasteiger partial charge >= 0.3 is 0 Å². The van der Waals surface area contributed by atoms with Gasteiger partial charge in [0, 0.05) is 31.8 Å². The summed E-state index contributed by atoms with van der Waals surface area (Å²) >= 11 is 0. The number of rotatable bonds is 3. The van der Waals surface area contributed by atoms with Crippen molar-refractivity contribution in [2.45, 2.75) is 33.3 Å². The number of nitrogens with zero attached hydrogens (tertiary/aromatic N) is 2. The Hall–Kier alpha value is -1.13. The maximum Gasteiger partial charge on any atom is 0.0624 e. The summed E-state index contributed by atoms with van der Waals surface area (Å²) < 4.78 is 5.15. The molecular formula is C15H26N2O2. The monoisotopic (exact) mass is 266 g/mol. The van der Waals surface area contributed by atoms with Gasteiger partial charge in [-0.2, -0.15) is 0 Å². The van der Waals surface area contributed by atoms with Crippen LogP contribution in [0.2, 0.25) is 0 Å². The molecule has 2 rings (SSSR count). The van der Waals surface area contributed by atoms with E-state index >= 15 is 0 Å². The molecule has 4 heteroatoms. The molecule has 1 aliphatic rings. The van der Waals surface area contributed by atoms with Gasteiger partial charge in [-0.3, -0.25) is 4.98 Å². The third kappa shape index (κ3) is 4.48. The van der Waals surface area contributed by atoms with Crippen LogP contribution in [0.5, 0.6) is 0 Å². The van der Waals surface area contributed by atoms with E-state index in [1.165, 1.54) is 0 Å². The first-order valence-electron chi connectivity index (χ1n) is 7.05. The van der Waals surface area contributed by atoms with E-state index in [9.17, 15) is 5.11 Å². The van der Waals surface area contributed by atoms with Gasteiger partial charge in [0.1, 0.15) is 0 Å². The van der Waals surface area contributed by atoms with E-state index in [2.05, 4.69) is 16.0 Å². The van der Waals surface area contributed by atoms with E-state index in [1.54, 1.807) is 7.11 Å². The van der Waals surface area contributed by atoms with Crippen LogP contribution >= 0.6 is 0 Å². The lowest BCUT2D eigenvalue weighted by molar-refractivity contribution is 0.0359. The summed E-state index contributed by atoms with van der Waals surface area (Å²) in [5, 5.41) is 9.89. The number of pyridine rings is 1. The van der Waals surface area contributed by atoms with Crippen LogP contribution in [0.15, 0.2) is 18.3 Å². The molecule has 1 saturated heterocycles. The van der Waals surface area contributed by atoms with Crippen LogP contribution in [0.1, 0.15) is 26.0 Å². The summed E-state index contributed by atoms with van der Waals surface area (Å²) in [6.07, 6.45) is 2.45. The molecule has 2 atom stereocenters. The second kappa shape index (κ2) is 8.12. The number of hydrogen-bond acceptors (Lipinski definition) is 4. The predicted molar refractivity (Wildman–Crippen MR) is 78.5 cm³/mol. The molecular weight excluding hydrogens is 240 g/mol. The van der Waals surface area contributed by atoms with Crippen molar-refractivity contribution in [3.05, 3.63) is 24.0 Å².